The van der Waals surface area contributed by atoms with Crippen molar-refractivity contribution in [3.05, 3.63) is 51.7 Å². The SMILES string of the molecule is C[NH+](CCC(=O)Nc1sc2c(c1C#N)CCCCC2)Cc1ccc(F)cc1. The number of halogens is 1. The van der Waals surface area contributed by atoms with Crippen molar-refractivity contribution in [2.75, 3.05) is 18.9 Å². The zero-order valence-corrected chi connectivity index (χ0v) is 16.4. The first-order valence-corrected chi connectivity index (χ1v) is 10.3. The fourth-order valence-corrected chi connectivity index (χ4v) is 4.76. The molecule has 1 heterocycles. The molecule has 0 aliphatic heterocycles. The molecule has 6 heteroatoms. The van der Waals surface area contributed by atoms with E-state index in [0.29, 0.717) is 23.5 Å². The number of thiophene rings is 1. The smallest absolute Gasteiger partial charge is 0.230 e. The van der Waals surface area contributed by atoms with Gasteiger partial charge < -0.3 is 10.2 Å². The number of fused-ring (bicyclic) bond motifs is 1. The summed E-state index contributed by atoms with van der Waals surface area (Å²) in [7, 11) is 2.02. The molecule has 0 saturated heterocycles. The number of anilines is 1. The number of nitrogens with one attached hydrogen (secondary N) is 2. The number of carbonyl (C=O) groups is 1. The summed E-state index contributed by atoms with van der Waals surface area (Å²) in [4.78, 5) is 14.8. The highest BCUT2D eigenvalue weighted by Gasteiger charge is 2.21. The van der Waals surface area contributed by atoms with Crippen LogP contribution < -0.4 is 10.2 Å². The lowest BCUT2D eigenvalue weighted by Crippen LogP contribution is -3.07. The van der Waals surface area contributed by atoms with E-state index < -0.39 is 0 Å². The molecule has 4 nitrogen and oxygen atoms in total. The van der Waals surface area contributed by atoms with Gasteiger partial charge >= 0.3 is 0 Å². The number of carbonyl (C=O) groups excluding carboxylic acids is 1. The molecule has 3 rings (SSSR count). The Morgan fingerprint density at radius 1 is 1.26 bits per heavy atom. The van der Waals surface area contributed by atoms with Crippen molar-refractivity contribution >= 4 is 22.2 Å². The summed E-state index contributed by atoms with van der Waals surface area (Å²) in [6.07, 6.45) is 5.81. The maximum absolute atomic E-state index is 13.0. The molecular formula is C21H25FN3OS+. The molecule has 1 aromatic heterocycles. The molecule has 1 unspecified atom stereocenters. The van der Waals surface area contributed by atoms with Gasteiger partial charge in [-0.3, -0.25) is 4.79 Å². The molecule has 1 aliphatic carbocycles. The molecule has 1 atom stereocenters. The van der Waals surface area contributed by atoms with Gasteiger partial charge in [-0.05, 0) is 43.4 Å². The standard InChI is InChI=1S/C21H24FN3OS/c1-25(14-15-7-9-16(22)10-8-15)12-11-20(26)24-21-18(13-23)17-5-3-2-4-6-19(17)27-21/h7-10H,2-6,11-12,14H2,1H3,(H,24,26)/p+1. The molecule has 1 aromatic carbocycles. The molecule has 27 heavy (non-hydrogen) atoms. The van der Waals surface area contributed by atoms with E-state index in [0.717, 1.165) is 43.4 Å². The van der Waals surface area contributed by atoms with Gasteiger partial charge in [0, 0.05) is 10.4 Å². The van der Waals surface area contributed by atoms with Crippen LogP contribution in [0.2, 0.25) is 0 Å². The first kappa shape index (κ1) is 19.5. The molecule has 0 saturated carbocycles. The summed E-state index contributed by atoms with van der Waals surface area (Å²) >= 11 is 1.57. The summed E-state index contributed by atoms with van der Waals surface area (Å²) in [6.45, 7) is 1.42. The minimum absolute atomic E-state index is 0.0543. The summed E-state index contributed by atoms with van der Waals surface area (Å²) in [5.41, 5.74) is 2.86. The van der Waals surface area contributed by atoms with E-state index in [2.05, 4.69) is 11.4 Å². The average molecular weight is 387 g/mol. The van der Waals surface area contributed by atoms with Gasteiger partial charge in [0.25, 0.3) is 0 Å². The molecule has 142 valence electrons. The Labute approximate surface area is 163 Å². The molecule has 1 amide bonds. The second kappa shape index (κ2) is 9.12. The van der Waals surface area contributed by atoms with Crippen LogP contribution in [0.5, 0.6) is 0 Å². The number of aryl methyl sites for hydroxylation is 1. The number of quaternary nitrogens is 1. The predicted octanol–water partition coefficient (Wildman–Crippen LogP) is 3.07. The third kappa shape index (κ3) is 5.15. The third-order valence-corrected chi connectivity index (χ3v) is 6.19. The van der Waals surface area contributed by atoms with Crippen molar-refractivity contribution in [1.82, 2.24) is 0 Å². The first-order valence-electron chi connectivity index (χ1n) is 9.47. The van der Waals surface area contributed by atoms with Crippen molar-refractivity contribution in [2.45, 2.75) is 45.1 Å². The highest BCUT2D eigenvalue weighted by molar-refractivity contribution is 7.16. The van der Waals surface area contributed by atoms with E-state index in [9.17, 15) is 14.4 Å². The van der Waals surface area contributed by atoms with Gasteiger partial charge in [-0.2, -0.15) is 5.26 Å². The fourth-order valence-electron chi connectivity index (χ4n) is 3.50. The topological polar surface area (TPSA) is 57.3 Å². The Kier molecular flexibility index (Phi) is 6.59. The van der Waals surface area contributed by atoms with Crippen LogP contribution in [-0.4, -0.2) is 19.5 Å². The van der Waals surface area contributed by atoms with E-state index in [1.807, 2.05) is 7.05 Å². The molecule has 2 aromatic rings. The van der Waals surface area contributed by atoms with E-state index >= 15 is 0 Å². The molecule has 2 N–H and O–H groups in total. The van der Waals surface area contributed by atoms with Crippen molar-refractivity contribution in [2.24, 2.45) is 0 Å². The van der Waals surface area contributed by atoms with Crippen LogP contribution in [-0.2, 0) is 24.2 Å². The van der Waals surface area contributed by atoms with Crippen LogP contribution in [0.3, 0.4) is 0 Å². The van der Waals surface area contributed by atoms with Gasteiger partial charge in [0.05, 0.1) is 25.6 Å². The third-order valence-electron chi connectivity index (χ3n) is 4.98. The number of benzene rings is 1. The molecule has 0 spiro atoms. The summed E-state index contributed by atoms with van der Waals surface area (Å²) in [5.74, 6) is -0.292. The van der Waals surface area contributed by atoms with Crippen LogP contribution in [0.4, 0.5) is 9.39 Å². The second-order valence-corrected chi connectivity index (χ2v) is 8.29. The Morgan fingerprint density at radius 3 is 2.74 bits per heavy atom. The highest BCUT2D eigenvalue weighted by atomic mass is 32.1. The Bertz CT molecular complexity index is 838. The van der Waals surface area contributed by atoms with Gasteiger partial charge in [0.15, 0.2) is 0 Å². The number of hydrogen-bond donors (Lipinski definition) is 2. The van der Waals surface area contributed by atoms with Crippen LogP contribution >= 0.6 is 11.3 Å². The van der Waals surface area contributed by atoms with Crippen LogP contribution in [0.25, 0.3) is 0 Å². The van der Waals surface area contributed by atoms with Crippen molar-refractivity contribution < 1.29 is 14.1 Å². The van der Waals surface area contributed by atoms with Gasteiger partial charge in [-0.25, -0.2) is 4.39 Å². The maximum atomic E-state index is 13.0. The number of rotatable bonds is 6. The molecule has 0 fully saturated rings. The summed E-state index contributed by atoms with van der Waals surface area (Å²) in [5, 5.41) is 13.2. The number of nitriles is 1. The average Bonchev–Trinajstić information content (AvgIpc) is 2.81. The van der Waals surface area contributed by atoms with Crippen LogP contribution in [0, 0.1) is 17.1 Å². The predicted molar refractivity (Wildman–Crippen MR) is 105 cm³/mol. The molecule has 0 bridgehead atoms. The van der Waals surface area contributed by atoms with Crippen LogP contribution in [0.1, 0.15) is 47.3 Å². The monoisotopic (exact) mass is 386 g/mol. The fraction of sp³-hybridized carbons (Fsp3) is 0.429. The normalized spacial score (nSPS) is 14.7. The number of hydrogen-bond acceptors (Lipinski definition) is 3. The minimum atomic E-state index is -0.238. The summed E-state index contributed by atoms with van der Waals surface area (Å²) in [6, 6.07) is 8.76. The summed E-state index contributed by atoms with van der Waals surface area (Å²) < 4.78 is 13.0. The Balaban J connectivity index is 1.55. The van der Waals surface area contributed by atoms with Crippen molar-refractivity contribution in [3.63, 3.8) is 0 Å². The Hall–Kier alpha value is -2.23. The van der Waals surface area contributed by atoms with E-state index in [1.165, 1.54) is 28.3 Å². The maximum Gasteiger partial charge on any atom is 0.230 e. The lowest BCUT2D eigenvalue weighted by atomic mass is 10.1. The van der Waals surface area contributed by atoms with Gasteiger partial charge in [-0.15, -0.1) is 11.3 Å². The lowest BCUT2D eigenvalue weighted by molar-refractivity contribution is -0.893. The first-order chi connectivity index (χ1) is 13.1. The van der Waals surface area contributed by atoms with Crippen molar-refractivity contribution in [1.29, 1.82) is 5.26 Å². The zero-order chi connectivity index (χ0) is 19.2. The number of amides is 1. The Morgan fingerprint density at radius 2 is 2.00 bits per heavy atom. The van der Waals surface area contributed by atoms with Gasteiger partial charge in [-0.1, -0.05) is 18.6 Å². The van der Waals surface area contributed by atoms with E-state index in [1.54, 1.807) is 23.5 Å². The minimum Gasteiger partial charge on any atom is -0.333 e. The van der Waals surface area contributed by atoms with E-state index in [4.69, 9.17) is 0 Å². The second-order valence-electron chi connectivity index (χ2n) is 7.19. The zero-order valence-electron chi connectivity index (χ0n) is 15.6. The van der Waals surface area contributed by atoms with Gasteiger partial charge in [0.2, 0.25) is 5.91 Å². The van der Waals surface area contributed by atoms with Crippen molar-refractivity contribution in [3.8, 4) is 6.07 Å². The van der Waals surface area contributed by atoms with E-state index in [-0.39, 0.29) is 11.7 Å². The number of nitrogens with zero attached hydrogens (tertiary/aromatic N) is 1. The lowest BCUT2D eigenvalue weighted by Gasteiger charge is -2.14. The molecule has 1 aliphatic rings. The largest absolute Gasteiger partial charge is 0.333 e. The quantitative estimate of drug-likeness (QED) is 0.750. The van der Waals surface area contributed by atoms with Crippen LogP contribution in [0.15, 0.2) is 24.3 Å². The highest BCUT2D eigenvalue weighted by Crippen LogP contribution is 2.36. The van der Waals surface area contributed by atoms with Gasteiger partial charge in [0.1, 0.15) is 23.4 Å². The molecular weight excluding hydrogens is 361 g/mol. The molecule has 0 radical (unpaired) electrons.